The summed E-state index contributed by atoms with van der Waals surface area (Å²) in [4.78, 5) is 12.4. The van der Waals surface area contributed by atoms with E-state index in [0.29, 0.717) is 0 Å². The third kappa shape index (κ3) is 0.993. The number of H-pyrrole nitrogens is 1. The number of aromatic nitrogens is 1. The molecule has 3 nitrogen and oxygen atoms in total. The molecule has 0 aliphatic carbocycles. The molecular formula is C16H9N3. The second-order valence-corrected chi connectivity index (χ2v) is 4.85. The normalized spacial score (nSPS) is 13.9. The van der Waals surface area contributed by atoms with E-state index in [-0.39, 0.29) is 0 Å². The minimum atomic E-state index is 1.04. The summed E-state index contributed by atoms with van der Waals surface area (Å²) >= 11 is 0. The van der Waals surface area contributed by atoms with Crippen molar-refractivity contribution in [3.63, 3.8) is 0 Å². The summed E-state index contributed by atoms with van der Waals surface area (Å²) in [6, 6.07) is 10.4. The number of hydrogen-bond donors (Lipinski definition) is 1. The zero-order valence-electron chi connectivity index (χ0n) is 10.0. The highest BCUT2D eigenvalue weighted by molar-refractivity contribution is 6.05. The van der Waals surface area contributed by atoms with E-state index in [1.165, 1.54) is 26.6 Å². The third-order valence-electron chi connectivity index (χ3n) is 3.88. The summed E-state index contributed by atoms with van der Waals surface area (Å²) in [6.07, 6.45) is 5.85. The van der Waals surface area contributed by atoms with Gasteiger partial charge in [0.25, 0.3) is 0 Å². The molecule has 3 heterocycles. The maximum absolute atomic E-state index is 4.79. The molecule has 0 fully saturated rings. The highest BCUT2D eigenvalue weighted by Crippen LogP contribution is 2.28. The van der Waals surface area contributed by atoms with Crippen LogP contribution in [-0.4, -0.2) is 11.2 Å². The van der Waals surface area contributed by atoms with Crippen molar-refractivity contribution in [3.05, 3.63) is 63.1 Å². The number of aliphatic imine (C=N–C) groups is 1. The van der Waals surface area contributed by atoms with Gasteiger partial charge in [0.1, 0.15) is 0 Å². The van der Waals surface area contributed by atoms with Crippen LogP contribution in [0.15, 0.2) is 46.5 Å². The Balaban J connectivity index is 2.28. The molecule has 19 heavy (non-hydrogen) atoms. The van der Waals surface area contributed by atoms with Gasteiger partial charge in [-0.15, -0.1) is 0 Å². The van der Waals surface area contributed by atoms with Crippen molar-refractivity contribution in [2.75, 3.05) is 0 Å². The van der Waals surface area contributed by atoms with Gasteiger partial charge in [-0.05, 0) is 12.1 Å². The Bertz CT molecular complexity index is 1100. The Kier molecular flexibility index (Phi) is 1.47. The highest BCUT2D eigenvalue weighted by atomic mass is 14.8. The minimum Gasteiger partial charge on any atom is -0.359 e. The predicted octanol–water partition coefficient (Wildman–Crippen LogP) is 1.89. The van der Waals surface area contributed by atoms with Gasteiger partial charge in [0.15, 0.2) is 0 Å². The molecule has 3 heteroatoms. The van der Waals surface area contributed by atoms with Gasteiger partial charge in [-0.1, -0.05) is 18.2 Å². The predicted molar refractivity (Wildman–Crippen MR) is 74.9 cm³/mol. The molecule has 0 spiro atoms. The van der Waals surface area contributed by atoms with Crippen LogP contribution in [0.2, 0.25) is 0 Å². The molecule has 88 valence electrons. The number of nitrogens with zero attached hydrogens (tertiary/aromatic N) is 2. The first-order valence-electron chi connectivity index (χ1n) is 6.28. The Morgan fingerprint density at radius 1 is 1.05 bits per heavy atom. The number of fused-ring (bicyclic) bond motifs is 7. The summed E-state index contributed by atoms with van der Waals surface area (Å²) in [5.41, 5.74) is 3.34. The average Bonchev–Trinajstić information content (AvgIpc) is 3.14. The summed E-state index contributed by atoms with van der Waals surface area (Å²) in [5, 5.41) is 5.84. The standard InChI is InChI=1S/C16H9N3/c1-2-4-13-10(3-1)14-12-8-17-7-11(12)9-5-6-18-15(9)16(14)19-13/h1-8,18H. The van der Waals surface area contributed by atoms with Crippen molar-refractivity contribution in [2.45, 2.75) is 0 Å². The minimum absolute atomic E-state index is 1.04. The average molecular weight is 243 g/mol. The lowest BCUT2D eigenvalue weighted by Crippen LogP contribution is -2.08. The molecule has 0 bridgehead atoms. The van der Waals surface area contributed by atoms with Crippen LogP contribution >= 0.6 is 0 Å². The second kappa shape index (κ2) is 3.01. The van der Waals surface area contributed by atoms with Gasteiger partial charge in [0.05, 0.1) is 16.6 Å². The Labute approximate surface area is 108 Å². The molecule has 2 aliphatic rings. The van der Waals surface area contributed by atoms with Crippen LogP contribution in [0.1, 0.15) is 5.56 Å². The molecule has 0 atom stereocenters. The maximum Gasteiger partial charge on any atom is 0.0964 e. The van der Waals surface area contributed by atoms with Crippen molar-refractivity contribution in [2.24, 2.45) is 9.98 Å². The number of hydrogen-bond acceptors (Lipinski definition) is 2. The van der Waals surface area contributed by atoms with Crippen LogP contribution in [0.25, 0.3) is 17.1 Å². The first-order chi connectivity index (χ1) is 9.43. The van der Waals surface area contributed by atoms with Gasteiger partial charge in [-0.3, -0.25) is 4.99 Å². The Morgan fingerprint density at radius 2 is 2.00 bits per heavy atom. The third-order valence-corrected chi connectivity index (χ3v) is 3.88. The van der Waals surface area contributed by atoms with Crippen LogP contribution in [0, 0.1) is 10.4 Å². The van der Waals surface area contributed by atoms with Crippen LogP contribution < -0.4 is 10.6 Å². The fourth-order valence-corrected chi connectivity index (χ4v) is 3.07. The van der Waals surface area contributed by atoms with Crippen LogP contribution in [0.5, 0.6) is 0 Å². The van der Waals surface area contributed by atoms with E-state index in [1.54, 1.807) is 0 Å². The number of nitrogens with one attached hydrogen (secondary N) is 1. The topological polar surface area (TPSA) is 40.5 Å². The van der Waals surface area contributed by atoms with Gasteiger partial charge < -0.3 is 4.98 Å². The Morgan fingerprint density at radius 3 is 3.00 bits per heavy atom. The van der Waals surface area contributed by atoms with Crippen molar-refractivity contribution in [3.8, 4) is 0 Å². The van der Waals surface area contributed by atoms with Crippen molar-refractivity contribution < 1.29 is 0 Å². The summed E-state index contributed by atoms with van der Waals surface area (Å²) < 4.78 is 0. The molecule has 0 radical (unpaired) electrons. The van der Waals surface area contributed by atoms with Crippen LogP contribution in [0.3, 0.4) is 0 Å². The lowest BCUT2D eigenvalue weighted by Gasteiger charge is -2.00. The zero-order chi connectivity index (χ0) is 12.4. The van der Waals surface area contributed by atoms with E-state index in [4.69, 9.17) is 4.99 Å². The first kappa shape index (κ1) is 9.28. The molecular weight excluding hydrogens is 234 g/mol. The highest BCUT2D eigenvalue weighted by Gasteiger charge is 2.16. The summed E-state index contributed by atoms with van der Waals surface area (Å²) in [6.45, 7) is 0. The van der Waals surface area contributed by atoms with E-state index in [0.717, 1.165) is 16.6 Å². The van der Waals surface area contributed by atoms with Gasteiger partial charge in [-0.25, -0.2) is 4.99 Å². The van der Waals surface area contributed by atoms with E-state index < -0.39 is 0 Å². The van der Waals surface area contributed by atoms with E-state index >= 15 is 0 Å². The molecule has 0 saturated carbocycles. The Hall–Kier alpha value is -2.68. The fourth-order valence-electron chi connectivity index (χ4n) is 3.07. The maximum atomic E-state index is 4.79. The second-order valence-electron chi connectivity index (χ2n) is 4.85. The van der Waals surface area contributed by atoms with Gasteiger partial charge in [0.2, 0.25) is 0 Å². The van der Waals surface area contributed by atoms with E-state index in [9.17, 15) is 0 Å². The quantitative estimate of drug-likeness (QED) is 0.490. The van der Waals surface area contributed by atoms with Crippen molar-refractivity contribution >= 4 is 29.0 Å². The first-order valence-corrected chi connectivity index (χ1v) is 6.28. The van der Waals surface area contributed by atoms with Gasteiger partial charge in [-0.2, -0.15) is 0 Å². The monoisotopic (exact) mass is 243 g/mol. The molecule has 0 amide bonds. The molecule has 3 aromatic rings. The summed E-state index contributed by atoms with van der Waals surface area (Å²) in [7, 11) is 0. The number of benzene rings is 2. The largest absolute Gasteiger partial charge is 0.359 e. The molecule has 1 aromatic heterocycles. The van der Waals surface area contributed by atoms with Gasteiger partial charge >= 0.3 is 0 Å². The van der Waals surface area contributed by atoms with Crippen LogP contribution in [0.4, 0.5) is 5.69 Å². The zero-order valence-corrected chi connectivity index (χ0v) is 10.0. The smallest absolute Gasteiger partial charge is 0.0964 e. The molecule has 1 N–H and O–H groups in total. The molecule has 2 aliphatic heterocycles. The summed E-state index contributed by atoms with van der Waals surface area (Å²) in [5.74, 6) is 0. The fraction of sp³-hybridized carbons (Fsp3) is 0. The lowest BCUT2D eigenvalue weighted by molar-refractivity contribution is 1.37. The molecule has 0 saturated heterocycles. The molecule has 0 unspecified atom stereocenters. The molecule has 5 rings (SSSR count). The van der Waals surface area contributed by atoms with Crippen molar-refractivity contribution in [1.82, 2.24) is 4.98 Å². The van der Waals surface area contributed by atoms with Crippen molar-refractivity contribution in [1.29, 1.82) is 0 Å². The SMILES string of the molecule is C1=NC=c2c1c1cc[nH]c1c1c2=c2ccccc2=N1. The van der Waals surface area contributed by atoms with Crippen LogP contribution in [-0.2, 0) is 0 Å². The van der Waals surface area contributed by atoms with Gasteiger partial charge in [0, 0.05) is 45.2 Å². The number of aromatic amines is 1. The van der Waals surface area contributed by atoms with E-state index in [1.807, 2.05) is 24.7 Å². The van der Waals surface area contributed by atoms with E-state index in [2.05, 4.69) is 34.2 Å². The number of rotatable bonds is 0. The molecule has 2 aromatic carbocycles. The lowest BCUT2D eigenvalue weighted by atomic mass is 10.0. The number of para-hydroxylation sites is 1.